The average molecular weight is 320 g/mol. The van der Waals surface area contributed by atoms with Gasteiger partial charge in [-0.2, -0.15) is 4.98 Å². The predicted molar refractivity (Wildman–Crippen MR) is 85.2 cm³/mol. The normalized spacial score (nSPS) is 19.5. The van der Waals surface area contributed by atoms with Crippen molar-refractivity contribution in [3.05, 3.63) is 23.2 Å². The van der Waals surface area contributed by atoms with Gasteiger partial charge >= 0.3 is 0 Å². The second-order valence-electron chi connectivity index (χ2n) is 6.05. The summed E-state index contributed by atoms with van der Waals surface area (Å²) in [6.45, 7) is 3.20. The monoisotopic (exact) mass is 319 g/mol. The van der Waals surface area contributed by atoms with E-state index in [0.29, 0.717) is 16.9 Å². The lowest BCUT2D eigenvalue weighted by atomic mass is 10.3. The largest absolute Gasteiger partial charge is 0.423 e. The van der Waals surface area contributed by atoms with Crippen LogP contribution in [0.4, 0.5) is 6.01 Å². The Morgan fingerprint density at radius 2 is 2.09 bits per heavy atom. The Hall–Kier alpha value is -1.75. The summed E-state index contributed by atoms with van der Waals surface area (Å²) in [6.07, 6.45) is 3.06. The molecule has 1 amide bonds. The van der Waals surface area contributed by atoms with Crippen LogP contribution < -0.4 is 4.90 Å². The number of hydrogen-bond donors (Lipinski definition) is 0. The summed E-state index contributed by atoms with van der Waals surface area (Å²) in [5.41, 5.74) is 1.52. The van der Waals surface area contributed by atoms with Gasteiger partial charge < -0.3 is 14.2 Å². The highest BCUT2D eigenvalue weighted by atomic mass is 35.5. The minimum atomic E-state index is 0.290. The van der Waals surface area contributed by atoms with E-state index in [1.54, 1.807) is 6.07 Å². The maximum Gasteiger partial charge on any atom is 0.298 e. The van der Waals surface area contributed by atoms with Gasteiger partial charge in [-0.15, -0.1) is 0 Å². The Kier molecular flexibility index (Phi) is 3.45. The molecule has 2 aliphatic rings. The molecule has 1 aliphatic heterocycles. The zero-order valence-electron chi connectivity index (χ0n) is 12.3. The molecule has 2 heterocycles. The van der Waals surface area contributed by atoms with Crippen molar-refractivity contribution in [2.24, 2.45) is 5.92 Å². The van der Waals surface area contributed by atoms with Crippen molar-refractivity contribution in [2.45, 2.75) is 19.3 Å². The minimum Gasteiger partial charge on any atom is -0.423 e. The van der Waals surface area contributed by atoms with Crippen LogP contribution in [-0.4, -0.2) is 42.0 Å². The van der Waals surface area contributed by atoms with Gasteiger partial charge in [0.15, 0.2) is 5.58 Å². The van der Waals surface area contributed by atoms with E-state index >= 15 is 0 Å². The smallest absolute Gasteiger partial charge is 0.298 e. The van der Waals surface area contributed by atoms with Gasteiger partial charge in [0.25, 0.3) is 6.01 Å². The molecule has 1 aromatic carbocycles. The standard InChI is InChI=1S/C16H18ClN3O2/c17-12-4-5-14-13(10-12)18-16(22-14)20-7-1-6-19(8-9-20)15(21)11-2-3-11/h4-5,10-11H,1-3,6-9H2. The van der Waals surface area contributed by atoms with Gasteiger partial charge in [0.2, 0.25) is 5.91 Å². The van der Waals surface area contributed by atoms with Crippen LogP contribution in [0.1, 0.15) is 19.3 Å². The van der Waals surface area contributed by atoms with Crippen LogP contribution in [-0.2, 0) is 4.79 Å². The predicted octanol–water partition coefficient (Wildman–Crippen LogP) is 2.93. The quantitative estimate of drug-likeness (QED) is 0.854. The van der Waals surface area contributed by atoms with Crippen LogP contribution in [0.3, 0.4) is 0 Å². The first kappa shape index (κ1) is 13.9. The first-order valence-corrected chi connectivity index (χ1v) is 8.18. The summed E-state index contributed by atoms with van der Waals surface area (Å²) >= 11 is 5.99. The lowest BCUT2D eigenvalue weighted by molar-refractivity contribution is -0.132. The Morgan fingerprint density at radius 1 is 1.23 bits per heavy atom. The molecule has 5 nitrogen and oxygen atoms in total. The molecule has 2 aromatic rings. The molecular weight excluding hydrogens is 302 g/mol. The van der Waals surface area contributed by atoms with E-state index in [1.165, 1.54) is 0 Å². The van der Waals surface area contributed by atoms with E-state index in [0.717, 1.165) is 56.5 Å². The van der Waals surface area contributed by atoms with Gasteiger partial charge in [0.1, 0.15) is 5.52 Å². The van der Waals surface area contributed by atoms with Crippen LogP contribution in [0, 0.1) is 5.92 Å². The topological polar surface area (TPSA) is 49.6 Å². The number of fused-ring (bicyclic) bond motifs is 1. The molecule has 1 saturated carbocycles. The molecule has 22 heavy (non-hydrogen) atoms. The van der Waals surface area contributed by atoms with Gasteiger partial charge in [-0.05, 0) is 37.5 Å². The average Bonchev–Trinajstić information content (AvgIpc) is 3.30. The highest BCUT2D eigenvalue weighted by Crippen LogP contribution is 2.31. The summed E-state index contributed by atoms with van der Waals surface area (Å²) in [7, 11) is 0. The molecule has 0 N–H and O–H groups in total. The summed E-state index contributed by atoms with van der Waals surface area (Å²) in [4.78, 5) is 20.8. The van der Waals surface area contributed by atoms with E-state index in [1.807, 2.05) is 17.0 Å². The molecule has 0 spiro atoms. The van der Waals surface area contributed by atoms with Crippen molar-refractivity contribution in [1.82, 2.24) is 9.88 Å². The number of amides is 1. The molecule has 0 bridgehead atoms. The molecule has 1 aromatic heterocycles. The van der Waals surface area contributed by atoms with Crippen LogP contribution in [0.25, 0.3) is 11.1 Å². The van der Waals surface area contributed by atoms with E-state index in [-0.39, 0.29) is 5.92 Å². The van der Waals surface area contributed by atoms with Crippen LogP contribution in [0.5, 0.6) is 0 Å². The summed E-state index contributed by atoms with van der Waals surface area (Å²) in [6, 6.07) is 6.08. The van der Waals surface area contributed by atoms with E-state index in [2.05, 4.69) is 9.88 Å². The third-order valence-electron chi connectivity index (χ3n) is 4.34. The zero-order valence-corrected chi connectivity index (χ0v) is 13.1. The summed E-state index contributed by atoms with van der Waals surface area (Å²) in [5.74, 6) is 0.615. The Morgan fingerprint density at radius 3 is 2.91 bits per heavy atom. The van der Waals surface area contributed by atoms with Crippen LogP contribution >= 0.6 is 11.6 Å². The molecule has 0 unspecified atom stereocenters. The van der Waals surface area contributed by atoms with Crippen molar-refractivity contribution < 1.29 is 9.21 Å². The van der Waals surface area contributed by atoms with Gasteiger partial charge in [0.05, 0.1) is 0 Å². The molecule has 1 aliphatic carbocycles. The Labute approximate surface area is 133 Å². The van der Waals surface area contributed by atoms with E-state index in [9.17, 15) is 4.79 Å². The van der Waals surface area contributed by atoms with Crippen molar-refractivity contribution in [2.75, 3.05) is 31.1 Å². The Bertz CT molecular complexity index is 710. The maximum absolute atomic E-state index is 12.2. The number of rotatable bonds is 2. The summed E-state index contributed by atoms with van der Waals surface area (Å²) in [5, 5.41) is 0.657. The van der Waals surface area contributed by atoms with E-state index < -0.39 is 0 Å². The number of benzene rings is 1. The van der Waals surface area contributed by atoms with Gasteiger partial charge in [-0.1, -0.05) is 11.6 Å². The molecule has 2 fully saturated rings. The number of hydrogen-bond acceptors (Lipinski definition) is 4. The lowest BCUT2D eigenvalue weighted by Crippen LogP contribution is -2.36. The molecule has 0 radical (unpaired) electrons. The van der Waals surface area contributed by atoms with Crippen molar-refractivity contribution in [1.29, 1.82) is 0 Å². The first-order chi connectivity index (χ1) is 10.7. The van der Waals surface area contributed by atoms with Crippen molar-refractivity contribution >= 4 is 34.6 Å². The lowest BCUT2D eigenvalue weighted by Gasteiger charge is -2.21. The highest BCUT2D eigenvalue weighted by molar-refractivity contribution is 6.31. The fraction of sp³-hybridized carbons (Fsp3) is 0.500. The zero-order chi connectivity index (χ0) is 15.1. The summed E-state index contributed by atoms with van der Waals surface area (Å²) < 4.78 is 5.83. The number of aromatic nitrogens is 1. The molecule has 4 rings (SSSR count). The number of oxazole rings is 1. The SMILES string of the molecule is O=C(C1CC1)N1CCCN(c2nc3cc(Cl)ccc3o2)CC1. The molecular formula is C16H18ClN3O2. The second kappa shape index (κ2) is 5.47. The van der Waals surface area contributed by atoms with Crippen LogP contribution in [0.2, 0.25) is 5.02 Å². The van der Waals surface area contributed by atoms with Gasteiger partial charge in [-0.25, -0.2) is 0 Å². The second-order valence-corrected chi connectivity index (χ2v) is 6.49. The van der Waals surface area contributed by atoms with Gasteiger partial charge in [0, 0.05) is 37.1 Å². The molecule has 6 heteroatoms. The Balaban J connectivity index is 1.50. The van der Waals surface area contributed by atoms with Crippen LogP contribution in [0.15, 0.2) is 22.6 Å². The third-order valence-corrected chi connectivity index (χ3v) is 4.58. The molecule has 0 atom stereocenters. The number of anilines is 1. The fourth-order valence-corrected chi connectivity index (χ4v) is 3.11. The fourth-order valence-electron chi connectivity index (χ4n) is 2.94. The van der Waals surface area contributed by atoms with Gasteiger partial charge in [-0.3, -0.25) is 4.79 Å². The highest BCUT2D eigenvalue weighted by Gasteiger charge is 2.34. The minimum absolute atomic E-state index is 0.290. The number of carbonyl (C=O) groups is 1. The number of halogens is 1. The maximum atomic E-state index is 12.2. The molecule has 116 valence electrons. The van der Waals surface area contributed by atoms with Crippen molar-refractivity contribution in [3.63, 3.8) is 0 Å². The molecule has 1 saturated heterocycles. The third kappa shape index (κ3) is 2.65. The first-order valence-electron chi connectivity index (χ1n) is 7.80. The van der Waals surface area contributed by atoms with E-state index in [4.69, 9.17) is 16.0 Å². The number of nitrogens with zero attached hydrogens (tertiary/aromatic N) is 3. The van der Waals surface area contributed by atoms with Crippen molar-refractivity contribution in [3.8, 4) is 0 Å². The number of carbonyl (C=O) groups excluding carboxylic acids is 1.